The first kappa shape index (κ1) is 14.7. The number of imidazole rings is 1. The molecule has 0 fully saturated rings. The van der Waals surface area contributed by atoms with Gasteiger partial charge in [0.15, 0.2) is 5.03 Å². The lowest BCUT2D eigenvalue weighted by Gasteiger charge is -2.18. The van der Waals surface area contributed by atoms with Gasteiger partial charge in [0.25, 0.3) is 10.0 Å². The summed E-state index contributed by atoms with van der Waals surface area (Å²) in [6.45, 7) is 5.49. The molecule has 1 atom stereocenters. The summed E-state index contributed by atoms with van der Waals surface area (Å²) in [5.74, 6) is -1.55. The molecule has 7 nitrogen and oxygen atoms in total. The fourth-order valence-electron chi connectivity index (χ4n) is 1.47. The number of nitrogens with zero attached hydrogens (tertiary/aromatic N) is 2. The van der Waals surface area contributed by atoms with Crippen LogP contribution in [-0.2, 0) is 21.4 Å². The standard InChI is InChI=1S/C10H17N3O4S/c1-4-13-6-11-5-8(13)18(16,17)12-9(7(2)3)10(14)15/h5-7,9,12H,4H2,1-3H3,(H,14,15). The Morgan fingerprint density at radius 3 is 2.61 bits per heavy atom. The van der Waals surface area contributed by atoms with Gasteiger partial charge >= 0.3 is 5.97 Å². The Morgan fingerprint density at radius 1 is 1.56 bits per heavy atom. The zero-order valence-corrected chi connectivity index (χ0v) is 11.3. The lowest BCUT2D eigenvalue weighted by molar-refractivity contribution is -0.140. The van der Waals surface area contributed by atoms with Gasteiger partial charge in [-0.2, -0.15) is 4.72 Å². The summed E-state index contributed by atoms with van der Waals surface area (Å²) in [4.78, 5) is 14.7. The fraction of sp³-hybridized carbons (Fsp3) is 0.600. The van der Waals surface area contributed by atoms with Crippen LogP contribution in [0.25, 0.3) is 0 Å². The Labute approximate surface area is 106 Å². The summed E-state index contributed by atoms with van der Waals surface area (Å²) < 4.78 is 27.7. The number of hydrogen-bond acceptors (Lipinski definition) is 4. The molecule has 1 heterocycles. The molecule has 0 spiro atoms. The summed E-state index contributed by atoms with van der Waals surface area (Å²) >= 11 is 0. The summed E-state index contributed by atoms with van der Waals surface area (Å²) in [5, 5.41) is 8.95. The molecular formula is C10H17N3O4S. The number of rotatable bonds is 6. The first-order valence-electron chi connectivity index (χ1n) is 5.54. The van der Waals surface area contributed by atoms with E-state index >= 15 is 0 Å². The van der Waals surface area contributed by atoms with Crippen LogP contribution in [0.15, 0.2) is 17.6 Å². The Morgan fingerprint density at radius 2 is 2.17 bits per heavy atom. The predicted molar refractivity (Wildman–Crippen MR) is 64.5 cm³/mol. The minimum absolute atomic E-state index is 0.0306. The van der Waals surface area contributed by atoms with Crippen molar-refractivity contribution >= 4 is 16.0 Å². The first-order chi connectivity index (χ1) is 8.29. The van der Waals surface area contributed by atoms with Crippen molar-refractivity contribution in [2.75, 3.05) is 0 Å². The number of carboxylic acid groups (broad SMARTS) is 1. The van der Waals surface area contributed by atoms with Crippen LogP contribution in [-0.4, -0.2) is 35.1 Å². The highest BCUT2D eigenvalue weighted by atomic mass is 32.2. The van der Waals surface area contributed by atoms with E-state index in [1.54, 1.807) is 20.8 Å². The lowest BCUT2D eigenvalue weighted by Crippen LogP contribution is -2.44. The third-order valence-corrected chi connectivity index (χ3v) is 3.96. The summed E-state index contributed by atoms with van der Waals surface area (Å²) in [6, 6.07) is -1.16. The van der Waals surface area contributed by atoms with Crippen molar-refractivity contribution < 1.29 is 18.3 Å². The molecule has 0 aliphatic carbocycles. The van der Waals surface area contributed by atoms with E-state index in [0.29, 0.717) is 6.54 Å². The number of carbonyl (C=O) groups is 1. The minimum atomic E-state index is -3.88. The van der Waals surface area contributed by atoms with Gasteiger partial charge < -0.3 is 9.67 Å². The van der Waals surface area contributed by atoms with E-state index in [2.05, 4.69) is 9.71 Å². The van der Waals surface area contributed by atoms with Crippen LogP contribution in [0.5, 0.6) is 0 Å². The van der Waals surface area contributed by atoms with E-state index in [-0.39, 0.29) is 10.9 Å². The van der Waals surface area contributed by atoms with Crippen molar-refractivity contribution in [1.82, 2.24) is 14.3 Å². The van der Waals surface area contributed by atoms with Crippen molar-refractivity contribution in [2.24, 2.45) is 5.92 Å². The molecule has 0 saturated heterocycles. The average molecular weight is 275 g/mol. The van der Waals surface area contributed by atoms with Gasteiger partial charge in [-0.3, -0.25) is 4.79 Å². The molecule has 0 bridgehead atoms. The van der Waals surface area contributed by atoms with Crippen LogP contribution in [0.4, 0.5) is 0 Å². The average Bonchev–Trinajstić information content (AvgIpc) is 2.73. The van der Waals surface area contributed by atoms with E-state index < -0.39 is 22.0 Å². The van der Waals surface area contributed by atoms with E-state index in [9.17, 15) is 13.2 Å². The second-order valence-corrected chi connectivity index (χ2v) is 5.86. The molecule has 2 N–H and O–H groups in total. The van der Waals surface area contributed by atoms with E-state index in [4.69, 9.17) is 5.11 Å². The van der Waals surface area contributed by atoms with Crippen molar-refractivity contribution in [3.05, 3.63) is 12.5 Å². The smallest absolute Gasteiger partial charge is 0.322 e. The molecule has 0 aliphatic heterocycles. The minimum Gasteiger partial charge on any atom is -0.480 e. The number of aliphatic carboxylic acids is 1. The molecule has 0 aliphatic rings. The molecule has 18 heavy (non-hydrogen) atoms. The van der Waals surface area contributed by atoms with Crippen LogP contribution >= 0.6 is 0 Å². The summed E-state index contributed by atoms with van der Waals surface area (Å²) in [7, 11) is -3.88. The van der Waals surface area contributed by atoms with Crippen LogP contribution < -0.4 is 4.72 Å². The highest BCUT2D eigenvalue weighted by Crippen LogP contribution is 2.11. The first-order valence-corrected chi connectivity index (χ1v) is 7.03. The van der Waals surface area contributed by atoms with Crippen molar-refractivity contribution in [3.8, 4) is 0 Å². The Hall–Kier alpha value is -1.41. The van der Waals surface area contributed by atoms with Crippen molar-refractivity contribution in [1.29, 1.82) is 0 Å². The fourth-order valence-corrected chi connectivity index (χ4v) is 2.98. The Kier molecular flexibility index (Phi) is 4.47. The molecule has 0 amide bonds. The molecular weight excluding hydrogens is 258 g/mol. The number of hydrogen-bond donors (Lipinski definition) is 2. The molecule has 102 valence electrons. The van der Waals surface area contributed by atoms with E-state index in [1.807, 2.05) is 0 Å². The predicted octanol–water partition coefficient (Wildman–Crippen LogP) is 0.290. The quantitative estimate of drug-likeness (QED) is 0.777. The summed E-state index contributed by atoms with van der Waals surface area (Å²) in [5.41, 5.74) is 0. The zero-order chi connectivity index (χ0) is 13.9. The maximum Gasteiger partial charge on any atom is 0.322 e. The van der Waals surface area contributed by atoms with Gasteiger partial charge in [0.05, 0.1) is 12.5 Å². The highest BCUT2D eigenvalue weighted by molar-refractivity contribution is 7.89. The molecule has 1 aromatic heterocycles. The number of aryl methyl sites for hydroxylation is 1. The Balaban J connectivity index is 3.05. The van der Waals surface area contributed by atoms with E-state index in [0.717, 1.165) is 0 Å². The van der Waals surface area contributed by atoms with Gasteiger partial charge in [-0.05, 0) is 12.8 Å². The molecule has 0 radical (unpaired) electrons. The van der Waals surface area contributed by atoms with E-state index in [1.165, 1.54) is 17.1 Å². The number of nitrogens with one attached hydrogen (secondary N) is 1. The van der Waals surface area contributed by atoms with Crippen molar-refractivity contribution in [3.63, 3.8) is 0 Å². The normalized spacial score (nSPS) is 13.8. The second-order valence-electron chi connectivity index (χ2n) is 4.20. The highest BCUT2D eigenvalue weighted by Gasteiger charge is 2.29. The lowest BCUT2D eigenvalue weighted by atomic mass is 10.1. The molecule has 0 aromatic carbocycles. The maximum absolute atomic E-state index is 12.1. The van der Waals surface area contributed by atoms with Gasteiger partial charge in [0.2, 0.25) is 0 Å². The monoisotopic (exact) mass is 275 g/mol. The molecule has 1 unspecified atom stereocenters. The molecule has 0 saturated carbocycles. The van der Waals surface area contributed by atoms with Gasteiger partial charge in [-0.25, -0.2) is 13.4 Å². The zero-order valence-electron chi connectivity index (χ0n) is 10.5. The van der Waals surface area contributed by atoms with Gasteiger partial charge in [-0.15, -0.1) is 0 Å². The number of aromatic nitrogens is 2. The largest absolute Gasteiger partial charge is 0.480 e. The topological polar surface area (TPSA) is 101 Å². The van der Waals surface area contributed by atoms with Gasteiger partial charge in [-0.1, -0.05) is 13.8 Å². The van der Waals surface area contributed by atoms with Crippen LogP contribution in [0.2, 0.25) is 0 Å². The van der Waals surface area contributed by atoms with Crippen LogP contribution in [0.3, 0.4) is 0 Å². The SMILES string of the molecule is CCn1cncc1S(=O)(=O)NC(C(=O)O)C(C)C. The van der Waals surface area contributed by atoms with Gasteiger partial charge in [0, 0.05) is 6.54 Å². The summed E-state index contributed by atoms with van der Waals surface area (Å²) in [6.07, 6.45) is 2.59. The van der Waals surface area contributed by atoms with Crippen molar-refractivity contribution in [2.45, 2.75) is 38.4 Å². The molecule has 1 aromatic rings. The van der Waals surface area contributed by atoms with Gasteiger partial charge in [0.1, 0.15) is 6.04 Å². The number of sulfonamides is 1. The maximum atomic E-state index is 12.1. The molecule has 1 rings (SSSR count). The number of carboxylic acids is 1. The van der Waals surface area contributed by atoms with Crippen LogP contribution in [0.1, 0.15) is 20.8 Å². The molecule has 8 heteroatoms. The Bertz CT molecular complexity index is 521. The van der Waals surface area contributed by atoms with Crippen LogP contribution in [0, 0.1) is 5.92 Å². The third-order valence-electron chi connectivity index (χ3n) is 2.50. The second kappa shape index (κ2) is 5.49. The third kappa shape index (κ3) is 3.08.